The zero-order chi connectivity index (χ0) is 17.1. The molecule has 0 fully saturated rings. The van der Waals surface area contributed by atoms with Gasteiger partial charge in [0.1, 0.15) is 5.82 Å². The van der Waals surface area contributed by atoms with E-state index in [1.165, 1.54) is 5.56 Å². The lowest BCUT2D eigenvalue weighted by Gasteiger charge is -2.05. The van der Waals surface area contributed by atoms with Crippen LogP contribution in [-0.4, -0.2) is 0 Å². The fourth-order valence-electron chi connectivity index (χ4n) is 1.94. The van der Waals surface area contributed by atoms with Gasteiger partial charge in [-0.3, -0.25) is 0 Å². The summed E-state index contributed by atoms with van der Waals surface area (Å²) < 4.78 is 12.8. The first-order valence-electron chi connectivity index (χ1n) is 8.22. The molecule has 1 heteroatoms. The number of benzene rings is 2. The quantitative estimate of drug-likeness (QED) is 0.555. The summed E-state index contributed by atoms with van der Waals surface area (Å²) in [5, 5.41) is 0. The molecule has 0 saturated heterocycles. The maximum Gasteiger partial charge on any atom is 0.123 e. The molecule has 22 heavy (non-hydrogen) atoms. The minimum absolute atomic E-state index is 0.131. The van der Waals surface area contributed by atoms with Crippen LogP contribution in [0, 0.1) is 12.7 Å². The lowest BCUT2D eigenvalue weighted by atomic mass is 10.0. The van der Waals surface area contributed by atoms with Crippen LogP contribution in [0.2, 0.25) is 0 Å². The third-order valence-electron chi connectivity index (χ3n) is 3.20. The lowest BCUT2D eigenvalue weighted by molar-refractivity contribution is 0.622. The second-order valence-electron chi connectivity index (χ2n) is 5.78. The smallest absolute Gasteiger partial charge is 0.123 e. The van der Waals surface area contributed by atoms with E-state index in [1.807, 2.05) is 32.9 Å². The molecule has 0 radical (unpaired) electrons. The Morgan fingerprint density at radius 1 is 0.727 bits per heavy atom. The number of rotatable bonds is 2. The summed E-state index contributed by atoms with van der Waals surface area (Å²) in [5.74, 6) is 0.935. The molecule has 0 aliphatic carbocycles. The molecule has 0 unspecified atom stereocenters. The minimum Gasteiger partial charge on any atom is -0.207 e. The Morgan fingerprint density at radius 2 is 1.23 bits per heavy atom. The molecular weight excluding hydrogens is 271 g/mol. The first kappa shape index (κ1) is 20.4. The van der Waals surface area contributed by atoms with Crippen molar-refractivity contribution in [2.24, 2.45) is 0 Å². The van der Waals surface area contributed by atoms with Gasteiger partial charge in [-0.15, -0.1) is 0 Å². The Labute approximate surface area is 136 Å². The van der Waals surface area contributed by atoms with Crippen LogP contribution in [0.1, 0.15) is 70.1 Å². The Morgan fingerprint density at radius 3 is 1.59 bits per heavy atom. The van der Waals surface area contributed by atoms with Gasteiger partial charge >= 0.3 is 0 Å². The molecule has 0 heterocycles. The van der Waals surface area contributed by atoms with E-state index in [0.717, 1.165) is 11.1 Å². The Kier molecular flexibility index (Phi) is 10.2. The zero-order valence-corrected chi connectivity index (χ0v) is 15.2. The van der Waals surface area contributed by atoms with Crippen molar-refractivity contribution in [3.05, 3.63) is 71.0 Å². The molecule has 0 bridgehead atoms. The highest BCUT2D eigenvalue weighted by Gasteiger charge is 2.01. The third-order valence-corrected chi connectivity index (χ3v) is 3.20. The highest BCUT2D eigenvalue weighted by molar-refractivity contribution is 5.25. The van der Waals surface area contributed by atoms with E-state index in [2.05, 4.69) is 52.0 Å². The second-order valence-corrected chi connectivity index (χ2v) is 5.78. The predicted molar refractivity (Wildman–Crippen MR) is 97.1 cm³/mol. The second kappa shape index (κ2) is 11.0. The zero-order valence-electron chi connectivity index (χ0n) is 15.2. The molecule has 0 spiro atoms. The highest BCUT2D eigenvalue weighted by Crippen LogP contribution is 2.17. The first-order chi connectivity index (χ1) is 10.4. The summed E-state index contributed by atoms with van der Waals surface area (Å²) in [6.45, 7) is 14.4. The fraction of sp³-hybridized carbons (Fsp3) is 0.429. The van der Waals surface area contributed by atoms with Crippen LogP contribution in [0.25, 0.3) is 0 Å². The third kappa shape index (κ3) is 7.97. The first-order valence-corrected chi connectivity index (χ1v) is 8.22. The average molecular weight is 302 g/mol. The van der Waals surface area contributed by atoms with E-state index >= 15 is 0 Å². The van der Waals surface area contributed by atoms with Crippen molar-refractivity contribution in [2.45, 2.75) is 60.3 Å². The van der Waals surface area contributed by atoms with Gasteiger partial charge < -0.3 is 0 Å². The van der Waals surface area contributed by atoms with Crippen LogP contribution in [0.5, 0.6) is 0 Å². The van der Waals surface area contributed by atoms with Gasteiger partial charge in [-0.2, -0.15) is 0 Å². The molecule has 2 rings (SSSR count). The van der Waals surface area contributed by atoms with Gasteiger partial charge in [0.15, 0.2) is 0 Å². The van der Waals surface area contributed by atoms with Gasteiger partial charge in [-0.25, -0.2) is 4.39 Å². The predicted octanol–water partition coefficient (Wildman–Crippen LogP) is 7.09. The standard InChI is InChI=1S/C10H13F.C9H12.C2H6/c1-7(2)9-4-8(3)5-10(11)6-9;1-8(2)9-6-4-3-5-7-9;1-2/h4-7H,1-3H3;3-8H,1-2H3;1-2H3. The molecule has 2 aromatic carbocycles. The van der Waals surface area contributed by atoms with E-state index in [1.54, 1.807) is 12.1 Å². The van der Waals surface area contributed by atoms with E-state index in [4.69, 9.17) is 0 Å². The summed E-state index contributed by atoms with van der Waals surface area (Å²) >= 11 is 0. The summed E-state index contributed by atoms with van der Waals surface area (Å²) in [6, 6.07) is 15.7. The average Bonchev–Trinajstić information content (AvgIpc) is 2.50. The van der Waals surface area contributed by atoms with Gasteiger partial charge in [0.05, 0.1) is 0 Å². The molecule has 0 amide bonds. The summed E-state index contributed by atoms with van der Waals surface area (Å²) in [5.41, 5.74) is 3.48. The maximum atomic E-state index is 12.8. The number of hydrogen-bond acceptors (Lipinski definition) is 0. The van der Waals surface area contributed by atoms with Crippen LogP contribution in [0.4, 0.5) is 4.39 Å². The number of halogens is 1. The van der Waals surface area contributed by atoms with Crippen LogP contribution < -0.4 is 0 Å². The monoisotopic (exact) mass is 302 g/mol. The Balaban J connectivity index is 0.000000366. The highest BCUT2D eigenvalue weighted by atomic mass is 19.1. The summed E-state index contributed by atoms with van der Waals surface area (Å²) in [6.07, 6.45) is 0. The van der Waals surface area contributed by atoms with Crippen molar-refractivity contribution in [1.29, 1.82) is 0 Å². The number of aryl methyl sites for hydroxylation is 1. The van der Waals surface area contributed by atoms with Crippen molar-refractivity contribution >= 4 is 0 Å². The van der Waals surface area contributed by atoms with Crippen LogP contribution in [0.3, 0.4) is 0 Å². The molecule has 0 saturated carbocycles. The molecule has 0 aliphatic heterocycles. The molecule has 0 aromatic heterocycles. The van der Waals surface area contributed by atoms with E-state index in [9.17, 15) is 4.39 Å². The topological polar surface area (TPSA) is 0 Å². The molecule has 0 nitrogen and oxygen atoms in total. The van der Waals surface area contributed by atoms with Gasteiger partial charge in [0.2, 0.25) is 0 Å². The van der Waals surface area contributed by atoms with Crippen LogP contribution in [-0.2, 0) is 0 Å². The van der Waals surface area contributed by atoms with Crippen molar-refractivity contribution in [3.63, 3.8) is 0 Å². The van der Waals surface area contributed by atoms with Gasteiger partial charge in [0.25, 0.3) is 0 Å². The van der Waals surface area contributed by atoms with Crippen LogP contribution in [0.15, 0.2) is 48.5 Å². The van der Waals surface area contributed by atoms with E-state index < -0.39 is 0 Å². The molecule has 0 atom stereocenters. The normalized spacial score (nSPS) is 9.73. The van der Waals surface area contributed by atoms with Gasteiger partial charge in [-0.05, 0) is 47.6 Å². The lowest BCUT2D eigenvalue weighted by Crippen LogP contribution is -1.89. The largest absolute Gasteiger partial charge is 0.207 e. The van der Waals surface area contributed by atoms with E-state index in [-0.39, 0.29) is 5.82 Å². The van der Waals surface area contributed by atoms with Crippen molar-refractivity contribution < 1.29 is 4.39 Å². The summed E-state index contributed by atoms with van der Waals surface area (Å²) in [7, 11) is 0. The molecule has 0 N–H and O–H groups in total. The van der Waals surface area contributed by atoms with Crippen LogP contribution >= 0.6 is 0 Å². The fourth-order valence-corrected chi connectivity index (χ4v) is 1.94. The molecule has 2 aromatic rings. The number of hydrogen-bond donors (Lipinski definition) is 0. The Hall–Kier alpha value is -1.63. The Bertz CT molecular complexity index is 492. The minimum atomic E-state index is -0.131. The van der Waals surface area contributed by atoms with Gasteiger partial charge in [0, 0.05) is 0 Å². The molecule has 122 valence electrons. The SMILES string of the molecule is CC.CC(C)c1ccccc1.Cc1cc(F)cc(C(C)C)c1. The van der Waals surface area contributed by atoms with Crippen molar-refractivity contribution in [3.8, 4) is 0 Å². The molecular formula is C21H31F. The molecule has 0 aliphatic rings. The van der Waals surface area contributed by atoms with Crippen molar-refractivity contribution in [1.82, 2.24) is 0 Å². The van der Waals surface area contributed by atoms with Gasteiger partial charge in [-0.1, -0.05) is 77.9 Å². The van der Waals surface area contributed by atoms with E-state index in [0.29, 0.717) is 11.8 Å². The summed E-state index contributed by atoms with van der Waals surface area (Å²) in [4.78, 5) is 0. The van der Waals surface area contributed by atoms with Crippen molar-refractivity contribution in [2.75, 3.05) is 0 Å². The maximum absolute atomic E-state index is 12.8.